The van der Waals surface area contributed by atoms with Crippen LogP contribution in [-0.4, -0.2) is 0 Å². The predicted molar refractivity (Wildman–Crippen MR) is 51.5 cm³/mol. The number of allylic oxidation sites excluding steroid dienone is 1. The Kier molecular flexibility index (Phi) is 9.23. The second-order valence-electron chi connectivity index (χ2n) is 2.42. The lowest BCUT2D eigenvalue weighted by Crippen LogP contribution is -1.73. The summed E-state index contributed by atoms with van der Waals surface area (Å²) in [4.78, 5) is 0. The molecule has 0 saturated carbocycles. The van der Waals surface area contributed by atoms with Gasteiger partial charge in [0.1, 0.15) is 0 Å². The van der Waals surface area contributed by atoms with Crippen molar-refractivity contribution < 1.29 is 0 Å². The summed E-state index contributed by atoms with van der Waals surface area (Å²) in [5.41, 5.74) is 1.44. The van der Waals surface area contributed by atoms with Crippen LogP contribution in [0.1, 0.15) is 39.0 Å². The molecule has 0 amide bonds. The van der Waals surface area contributed by atoms with Crippen molar-refractivity contribution in [1.29, 1.82) is 0 Å². The van der Waals surface area contributed by atoms with Crippen molar-refractivity contribution in [3.63, 3.8) is 0 Å². The van der Waals surface area contributed by atoms with Crippen LogP contribution < -0.4 is 0 Å². The maximum absolute atomic E-state index is 5.28. The first kappa shape index (κ1) is 10.6. The average Bonchev–Trinajstić information content (AvgIpc) is 2.03. The van der Waals surface area contributed by atoms with E-state index in [1.54, 1.807) is 6.08 Å². The van der Waals surface area contributed by atoms with Crippen molar-refractivity contribution in [1.82, 2.24) is 0 Å². The molecule has 0 aliphatic carbocycles. The molecule has 0 aliphatic heterocycles. The lowest BCUT2D eigenvalue weighted by Gasteiger charge is -1.91. The fourth-order valence-corrected chi connectivity index (χ4v) is 0.866. The van der Waals surface area contributed by atoms with Crippen LogP contribution in [0.15, 0.2) is 11.6 Å². The molecule has 0 N–H and O–H groups in total. The SMILES string of the molecule is CCCCCCC#C/C=C\Cl. The second-order valence-corrected chi connectivity index (χ2v) is 2.68. The van der Waals surface area contributed by atoms with Crippen molar-refractivity contribution in [3.05, 3.63) is 11.6 Å². The Hall–Kier alpha value is -0.410. The fourth-order valence-electron chi connectivity index (χ4n) is 0.803. The first-order chi connectivity index (χ1) is 5.41. The first-order valence-electron chi connectivity index (χ1n) is 4.15. The minimum atomic E-state index is 1.00. The quantitative estimate of drug-likeness (QED) is 0.446. The van der Waals surface area contributed by atoms with Crippen LogP contribution in [-0.2, 0) is 0 Å². The zero-order chi connectivity index (χ0) is 8.36. The van der Waals surface area contributed by atoms with Gasteiger partial charge in [-0.3, -0.25) is 0 Å². The molecule has 0 radical (unpaired) electrons. The third kappa shape index (κ3) is 9.59. The van der Waals surface area contributed by atoms with Gasteiger partial charge in [0.25, 0.3) is 0 Å². The van der Waals surface area contributed by atoms with E-state index < -0.39 is 0 Å². The first-order valence-corrected chi connectivity index (χ1v) is 4.59. The van der Waals surface area contributed by atoms with Gasteiger partial charge in [-0.15, -0.1) is 0 Å². The van der Waals surface area contributed by atoms with Gasteiger partial charge in [-0.25, -0.2) is 0 Å². The van der Waals surface area contributed by atoms with Crippen LogP contribution >= 0.6 is 11.6 Å². The number of halogens is 1. The Morgan fingerprint density at radius 2 is 2.09 bits per heavy atom. The summed E-state index contributed by atoms with van der Waals surface area (Å²) in [5, 5.41) is 0. The maximum Gasteiger partial charge on any atom is 0.0126 e. The number of hydrogen-bond donors (Lipinski definition) is 0. The Morgan fingerprint density at radius 1 is 1.27 bits per heavy atom. The zero-order valence-electron chi connectivity index (χ0n) is 7.07. The highest BCUT2D eigenvalue weighted by molar-refractivity contribution is 6.25. The Balaban J connectivity index is 3.08. The molecule has 0 unspecified atom stereocenters. The van der Waals surface area contributed by atoms with Crippen LogP contribution in [0.2, 0.25) is 0 Å². The molecule has 0 atom stereocenters. The molecule has 0 fully saturated rings. The van der Waals surface area contributed by atoms with Gasteiger partial charge in [-0.1, -0.05) is 49.6 Å². The fraction of sp³-hybridized carbons (Fsp3) is 0.600. The van der Waals surface area contributed by atoms with E-state index in [0.29, 0.717) is 0 Å². The van der Waals surface area contributed by atoms with Crippen LogP contribution in [0.25, 0.3) is 0 Å². The smallest absolute Gasteiger partial charge is 0.0126 e. The summed E-state index contributed by atoms with van der Waals surface area (Å²) in [5.74, 6) is 5.87. The van der Waals surface area contributed by atoms with Gasteiger partial charge in [0.05, 0.1) is 0 Å². The minimum absolute atomic E-state index is 1.00. The van der Waals surface area contributed by atoms with Crippen molar-refractivity contribution >= 4 is 11.6 Å². The van der Waals surface area contributed by atoms with Crippen LogP contribution in [0, 0.1) is 11.8 Å². The molecule has 0 aliphatic rings. The van der Waals surface area contributed by atoms with Gasteiger partial charge in [-0.05, 0) is 12.5 Å². The third-order valence-electron chi connectivity index (χ3n) is 1.40. The maximum atomic E-state index is 5.28. The molecule has 11 heavy (non-hydrogen) atoms. The van der Waals surface area contributed by atoms with Gasteiger partial charge in [0, 0.05) is 12.0 Å². The summed E-state index contributed by atoms with van der Waals surface area (Å²) in [6.07, 6.45) is 7.80. The summed E-state index contributed by atoms with van der Waals surface area (Å²) in [6, 6.07) is 0. The summed E-state index contributed by atoms with van der Waals surface area (Å²) in [6.45, 7) is 2.21. The van der Waals surface area contributed by atoms with Crippen LogP contribution in [0.3, 0.4) is 0 Å². The van der Waals surface area contributed by atoms with Crippen molar-refractivity contribution in [3.8, 4) is 11.8 Å². The number of hydrogen-bond acceptors (Lipinski definition) is 0. The molecule has 62 valence electrons. The second kappa shape index (κ2) is 9.59. The molecule has 1 heteroatoms. The lowest BCUT2D eigenvalue weighted by molar-refractivity contribution is 0.679. The van der Waals surface area contributed by atoms with E-state index in [-0.39, 0.29) is 0 Å². The predicted octanol–water partition coefficient (Wildman–Crippen LogP) is 3.71. The van der Waals surface area contributed by atoms with Crippen LogP contribution in [0.4, 0.5) is 0 Å². The van der Waals surface area contributed by atoms with Gasteiger partial charge in [0.15, 0.2) is 0 Å². The Bertz CT molecular complexity index is 148. The van der Waals surface area contributed by atoms with Gasteiger partial charge < -0.3 is 0 Å². The molecule has 0 saturated heterocycles. The van der Waals surface area contributed by atoms with E-state index >= 15 is 0 Å². The zero-order valence-corrected chi connectivity index (χ0v) is 7.82. The van der Waals surface area contributed by atoms with E-state index in [9.17, 15) is 0 Å². The van der Waals surface area contributed by atoms with Crippen molar-refractivity contribution in [2.75, 3.05) is 0 Å². The van der Waals surface area contributed by atoms with E-state index in [1.807, 2.05) is 0 Å². The molecule has 0 aromatic heterocycles. The summed E-state index contributed by atoms with van der Waals surface area (Å²) in [7, 11) is 0. The summed E-state index contributed by atoms with van der Waals surface area (Å²) < 4.78 is 0. The van der Waals surface area contributed by atoms with E-state index in [4.69, 9.17) is 11.6 Å². The third-order valence-corrected chi connectivity index (χ3v) is 1.53. The molecule has 0 heterocycles. The molecular formula is C10H15Cl. The van der Waals surface area contributed by atoms with E-state index in [2.05, 4.69) is 18.8 Å². The highest BCUT2D eigenvalue weighted by Gasteiger charge is 1.82. The number of unbranched alkanes of at least 4 members (excludes halogenated alkanes) is 4. The van der Waals surface area contributed by atoms with E-state index in [1.165, 1.54) is 31.2 Å². The molecule has 0 nitrogen and oxygen atoms in total. The summed E-state index contributed by atoms with van der Waals surface area (Å²) >= 11 is 5.28. The van der Waals surface area contributed by atoms with E-state index in [0.717, 1.165) is 6.42 Å². The molecule has 0 aromatic rings. The van der Waals surface area contributed by atoms with Crippen molar-refractivity contribution in [2.45, 2.75) is 39.0 Å². The Labute approximate surface area is 74.6 Å². The normalized spacial score (nSPS) is 9.64. The standard InChI is InChI=1S/C10H15Cl/c1-2-3-4-5-6-7-8-9-10-11/h9-10H,2-6H2,1H3/b10-9-. The average molecular weight is 171 g/mol. The molecule has 0 aromatic carbocycles. The monoisotopic (exact) mass is 170 g/mol. The lowest BCUT2D eigenvalue weighted by atomic mass is 10.2. The topological polar surface area (TPSA) is 0 Å². The van der Waals surface area contributed by atoms with Gasteiger partial charge in [0.2, 0.25) is 0 Å². The highest BCUT2D eigenvalue weighted by atomic mass is 35.5. The van der Waals surface area contributed by atoms with Crippen molar-refractivity contribution in [2.24, 2.45) is 0 Å². The van der Waals surface area contributed by atoms with Crippen LogP contribution in [0.5, 0.6) is 0 Å². The van der Waals surface area contributed by atoms with Gasteiger partial charge in [-0.2, -0.15) is 0 Å². The molecule has 0 spiro atoms. The molecular weight excluding hydrogens is 156 g/mol. The Morgan fingerprint density at radius 3 is 2.73 bits per heavy atom. The minimum Gasteiger partial charge on any atom is -0.0985 e. The highest BCUT2D eigenvalue weighted by Crippen LogP contribution is 2.00. The number of rotatable bonds is 4. The molecule has 0 bridgehead atoms. The largest absolute Gasteiger partial charge is 0.0985 e. The van der Waals surface area contributed by atoms with Gasteiger partial charge >= 0.3 is 0 Å². The molecule has 0 rings (SSSR count).